The van der Waals surface area contributed by atoms with Crippen molar-refractivity contribution in [1.29, 1.82) is 0 Å². The molecule has 2 aromatic carbocycles. The van der Waals surface area contributed by atoms with Gasteiger partial charge in [-0.05, 0) is 47.9 Å². The zero-order valence-electron chi connectivity index (χ0n) is 15.7. The Bertz CT molecular complexity index is 1150. The van der Waals surface area contributed by atoms with Crippen LogP contribution < -0.4 is 10.1 Å². The second-order valence-electron chi connectivity index (χ2n) is 6.55. The molecule has 0 spiro atoms. The molecule has 29 heavy (non-hydrogen) atoms. The second-order valence-corrected chi connectivity index (χ2v) is 6.99. The van der Waals surface area contributed by atoms with E-state index < -0.39 is 0 Å². The number of ether oxygens (including phenoxy) is 1. The van der Waals surface area contributed by atoms with E-state index in [-0.39, 0.29) is 11.7 Å². The van der Waals surface area contributed by atoms with Gasteiger partial charge in [0.15, 0.2) is 0 Å². The van der Waals surface area contributed by atoms with Gasteiger partial charge in [0.1, 0.15) is 5.75 Å². The van der Waals surface area contributed by atoms with E-state index >= 15 is 0 Å². The number of nitrogens with zero attached hydrogens (tertiary/aromatic N) is 2. The van der Waals surface area contributed by atoms with Gasteiger partial charge in [0.05, 0.1) is 13.5 Å². The van der Waals surface area contributed by atoms with Gasteiger partial charge >= 0.3 is 0 Å². The fourth-order valence-electron chi connectivity index (χ4n) is 3.12. The van der Waals surface area contributed by atoms with E-state index in [9.17, 15) is 4.79 Å². The van der Waals surface area contributed by atoms with Gasteiger partial charge in [-0.2, -0.15) is 4.98 Å². The average molecular weight is 411 g/mol. The number of aromatic nitrogens is 3. The van der Waals surface area contributed by atoms with Crippen LogP contribution in [0.5, 0.6) is 5.75 Å². The minimum atomic E-state index is -0.372. The molecule has 1 amide bonds. The van der Waals surface area contributed by atoms with Crippen LogP contribution in [0.4, 0.5) is 0 Å². The Kier molecular flexibility index (Phi) is 5.48. The van der Waals surface area contributed by atoms with Gasteiger partial charge in [0.2, 0.25) is 5.89 Å². The lowest BCUT2D eigenvalue weighted by Crippen LogP contribution is -2.26. The maximum atomic E-state index is 12.3. The van der Waals surface area contributed by atoms with E-state index in [4.69, 9.17) is 20.9 Å². The second kappa shape index (κ2) is 8.36. The summed E-state index contributed by atoms with van der Waals surface area (Å²) in [7, 11) is 1.61. The number of hydrogen-bond donors (Lipinski definition) is 2. The molecule has 0 saturated heterocycles. The van der Waals surface area contributed by atoms with Gasteiger partial charge in [0, 0.05) is 28.7 Å². The molecule has 0 saturated carbocycles. The van der Waals surface area contributed by atoms with E-state index in [1.807, 2.05) is 48.7 Å². The summed E-state index contributed by atoms with van der Waals surface area (Å²) in [4.78, 5) is 19.7. The number of halogens is 1. The largest absolute Gasteiger partial charge is 0.497 e. The molecule has 7 nitrogen and oxygen atoms in total. The predicted molar refractivity (Wildman–Crippen MR) is 109 cm³/mol. The van der Waals surface area contributed by atoms with Gasteiger partial charge in [-0.25, -0.2) is 0 Å². The van der Waals surface area contributed by atoms with E-state index in [2.05, 4.69) is 20.4 Å². The summed E-state index contributed by atoms with van der Waals surface area (Å²) in [6, 6.07) is 13.2. The number of carbonyl (C=O) groups excluding carboxylic acids is 1. The lowest BCUT2D eigenvalue weighted by molar-refractivity contribution is 0.0941. The molecule has 0 aliphatic rings. The Morgan fingerprint density at radius 3 is 3.03 bits per heavy atom. The van der Waals surface area contributed by atoms with Crippen LogP contribution in [0, 0.1) is 0 Å². The normalized spacial score (nSPS) is 11.0. The van der Waals surface area contributed by atoms with Crippen LogP contribution in [0.15, 0.2) is 53.2 Å². The monoisotopic (exact) mass is 410 g/mol. The first-order valence-electron chi connectivity index (χ1n) is 9.11. The van der Waals surface area contributed by atoms with Crippen molar-refractivity contribution in [2.75, 3.05) is 13.7 Å². The summed E-state index contributed by atoms with van der Waals surface area (Å²) in [6.07, 6.45) is 3.00. The van der Waals surface area contributed by atoms with Crippen molar-refractivity contribution in [1.82, 2.24) is 20.4 Å². The minimum absolute atomic E-state index is 0.0184. The van der Waals surface area contributed by atoms with E-state index in [1.54, 1.807) is 7.11 Å². The summed E-state index contributed by atoms with van der Waals surface area (Å²) < 4.78 is 10.4. The standard InChI is InChI=1S/C21H19ClN4O3/c1-28-16-4-2-3-13(9-16)10-19-25-20(26-29-19)21(27)23-8-7-14-12-24-18-6-5-15(22)11-17(14)18/h2-6,9,11-12,24H,7-8,10H2,1H3,(H,23,27). The third kappa shape index (κ3) is 4.41. The van der Waals surface area contributed by atoms with Crippen molar-refractivity contribution in [2.24, 2.45) is 0 Å². The van der Waals surface area contributed by atoms with Crippen molar-refractivity contribution in [2.45, 2.75) is 12.8 Å². The molecule has 2 aromatic heterocycles. The van der Waals surface area contributed by atoms with E-state index in [0.29, 0.717) is 30.3 Å². The smallest absolute Gasteiger partial charge is 0.292 e. The highest BCUT2D eigenvalue weighted by Gasteiger charge is 2.15. The fraction of sp³-hybridized carbons (Fsp3) is 0.190. The van der Waals surface area contributed by atoms with E-state index in [0.717, 1.165) is 27.8 Å². The molecule has 0 atom stereocenters. The van der Waals surface area contributed by atoms with Crippen LogP contribution in [0.2, 0.25) is 5.02 Å². The number of rotatable bonds is 7. The molecule has 2 N–H and O–H groups in total. The van der Waals surface area contributed by atoms with Crippen molar-refractivity contribution in [3.63, 3.8) is 0 Å². The average Bonchev–Trinajstić information content (AvgIpc) is 3.35. The molecule has 0 fully saturated rings. The molecule has 4 aromatic rings. The third-order valence-electron chi connectivity index (χ3n) is 4.57. The van der Waals surface area contributed by atoms with Gasteiger partial charge in [0.25, 0.3) is 11.7 Å². The molecular formula is C21H19ClN4O3. The molecule has 148 valence electrons. The van der Waals surface area contributed by atoms with Gasteiger partial charge in [-0.3, -0.25) is 4.79 Å². The first-order valence-corrected chi connectivity index (χ1v) is 9.49. The minimum Gasteiger partial charge on any atom is -0.497 e. The number of fused-ring (bicyclic) bond motifs is 1. The number of hydrogen-bond acceptors (Lipinski definition) is 5. The summed E-state index contributed by atoms with van der Waals surface area (Å²) in [5.41, 5.74) is 3.05. The van der Waals surface area contributed by atoms with Crippen molar-refractivity contribution in [3.05, 3.63) is 76.5 Å². The number of amides is 1. The topological polar surface area (TPSA) is 93.0 Å². The lowest BCUT2D eigenvalue weighted by Gasteiger charge is -2.02. The Balaban J connectivity index is 1.34. The summed E-state index contributed by atoms with van der Waals surface area (Å²) in [5, 5.41) is 8.33. The van der Waals surface area contributed by atoms with Crippen LogP contribution >= 0.6 is 11.6 Å². The van der Waals surface area contributed by atoms with Crippen molar-refractivity contribution < 1.29 is 14.1 Å². The number of nitrogens with one attached hydrogen (secondary N) is 2. The van der Waals surface area contributed by atoms with Crippen molar-refractivity contribution >= 4 is 28.4 Å². The lowest BCUT2D eigenvalue weighted by atomic mass is 10.1. The zero-order chi connectivity index (χ0) is 20.2. The Hall–Kier alpha value is -3.32. The number of benzene rings is 2. The number of methoxy groups -OCH3 is 1. The predicted octanol–water partition coefficient (Wildman–Crippen LogP) is 3.78. The molecule has 0 unspecified atom stereocenters. The Morgan fingerprint density at radius 2 is 2.17 bits per heavy atom. The fourth-order valence-corrected chi connectivity index (χ4v) is 3.30. The van der Waals surface area contributed by atoms with Crippen LogP contribution in [0.3, 0.4) is 0 Å². The molecule has 2 heterocycles. The maximum absolute atomic E-state index is 12.3. The molecule has 4 rings (SSSR count). The molecule has 0 aliphatic carbocycles. The van der Waals surface area contributed by atoms with Crippen LogP contribution in [0.25, 0.3) is 10.9 Å². The molecule has 0 bridgehead atoms. The number of aromatic amines is 1. The molecular weight excluding hydrogens is 392 g/mol. The van der Waals surface area contributed by atoms with Gasteiger partial charge < -0.3 is 19.6 Å². The zero-order valence-corrected chi connectivity index (χ0v) is 16.5. The first-order chi connectivity index (χ1) is 14.1. The van der Waals surface area contributed by atoms with Crippen LogP contribution in [-0.4, -0.2) is 34.7 Å². The quantitative estimate of drug-likeness (QED) is 0.483. The highest BCUT2D eigenvalue weighted by molar-refractivity contribution is 6.31. The SMILES string of the molecule is COc1cccc(Cc2nc(C(=O)NCCc3c[nH]c4ccc(Cl)cc34)no2)c1. The summed E-state index contributed by atoms with van der Waals surface area (Å²) >= 11 is 6.07. The molecule has 0 aliphatic heterocycles. The summed E-state index contributed by atoms with van der Waals surface area (Å²) in [5.74, 6) is 0.765. The number of H-pyrrole nitrogens is 1. The molecule has 8 heteroatoms. The van der Waals surface area contributed by atoms with Gasteiger partial charge in [-0.15, -0.1) is 0 Å². The van der Waals surface area contributed by atoms with Gasteiger partial charge in [-0.1, -0.05) is 28.9 Å². The van der Waals surface area contributed by atoms with Crippen LogP contribution in [0.1, 0.15) is 27.6 Å². The molecule has 0 radical (unpaired) electrons. The number of carbonyl (C=O) groups is 1. The summed E-state index contributed by atoms with van der Waals surface area (Å²) in [6.45, 7) is 0.443. The Morgan fingerprint density at radius 1 is 1.28 bits per heavy atom. The van der Waals surface area contributed by atoms with Crippen LogP contribution in [-0.2, 0) is 12.8 Å². The Labute approximate surface area is 172 Å². The van der Waals surface area contributed by atoms with E-state index in [1.165, 1.54) is 0 Å². The highest BCUT2D eigenvalue weighted by atomic mass is 35.5. The highest BCUT2D eigenvalue weighted by Crippen LogP contribution is 2.22. The van der Waals surface area contributed by atoms with Crippen molar-refractivity contribution in [3.8, 4) is 5.75 Å². The third-order valence-corrected chi connectivity index (χ3v) is 4.81. The maximum Gasteiger partial charge on any atom is 0.292 e. The first kappa shape index (κ1) is 19.0.